The first kappa shape index (κ1) is 23.2. The van der Waals surface area contributed by atoms with Crippen LogP contribution in [0, 0.1) is 6.92 Å². The van der Waals surface area contributed by atoms with Crippen molar-refractivity contribution in [2.45, 2.75) is 13.1 Å². The quantitative estimate of drug-likeness (QED) is 0.622. The molecule has 1 fully saturated rings. The number of H-pyrrole nitrogens is 1. The summed E-state index contributed by atoms with van der Waals surface area (Å²) in [5, 5.41) is 5.59. The minimum atomic E-state index is -4.81. The van der Waals surface area contributed by atoms with Crippen molar-refractivity contribution < 1.29 is 18.0 Å². The summed E-state index contributed by atoms with van der Waals surface area (Å²) in [5.41, 5.74) is -0.847. The zero-order valence-electron chi connectivity index (χ0n) is 18.5. The number of hydrogen-bond donors (Lipinski definition) is 1. The van der Waals surface area contributed by atoms with Crippen LogP contribution in [0.2, 0.25) is 0 Å². The van der Waals surface area contributed by atoms with E-state index < -0.39 is 17.3 Å². The Morgan fingerprint density at radius 1 is 1.09 bits per heavy atom. The number of aromatic nitrogens is 4. The summed E-state index contributed by atoms with van der Waals surface area (Å²) < 4.78 is 39.3. The second-order valence-electron chi connectivity index (χ2n) is 7.92. The lowest BCUT2D eigenvalue weighted by Gasteiger charge is -2.34. The number of benzene rings is 1. The Labute approximate surface area is 192 Å². The molecule has 1 amide bonds. The fourth-order valence-electron chi connectivity index (χ4n) is 3.60. The number of aromatic amines is 1. The number of anilines is 3. The zero-order valence-corrected chi connectivity index (χ0v) is 18.5. The van der Waals surface area contributed by atoms with Crippen LogP contribution in [0.3, 0.4) is 0 Å². The number of carbonyl (C=O) groups is 1. The van der Waals surface area contributed by atoms with E-state index in [0.29, 0.717) is 49.4 Å². The lowest BCUT2D eigenvalue weighted by atomic mass is 10.1. The molecule has 1 saturated heterocycles. The van der Waals surface area contributed by atoms with Crippen molar-refractivity contribution in [2.75, 3.05) is 43.0 Å². The van der Waals surface area contributed by atoms with E-state index in [0.717, 1.165) is 5.56 Å². The molecule has 2 aromatic heterocycles. The standard InChI is InChI=1S/C22H22F3N7O2/c1-14-12-26-21(27-13-14)32-8-6-31(7-9-32)20(34)15-4-3-5-16(10-15)30(2)18-11-17(22(23,24)25)19(33)29-28-18/h3-5,10-13H,6-9H2,1-2H3,(H,29,33). The smallest absolute Gasteiger partial charge is 0.337 e. The molecule has 3 aromatic rings. The second-order valence-corrected chi connectivity index (χ2v) is 7.92. The van der Waals surface area contributed by atoms with Gasteiger partial charge in [0.2, 0.25) is 5.95 Å². The number of carbonyl (C=O) groups excluding carboxylic acids is 1. The molecule has 1 aliphatic rings. The third kappa shape index (κ3) is 4.85. The van der Waals surface area contributed by atoms with Crippen LogP contribution in [-0.2, 0) is 6.18 Å². The van der Waals surface area contributed by atoms with Gasteiger partial charge in [-0.2, -0.15) is 18.3 Å². The first-order valence-electron chi connectivity index (χ1n) is 10.5. The van der Waals surface area contributed by atoms with Crippen molar-refractivity contribution >= 4 is 23.4 Å². The third-order valence-corrected chi connectivity index (χ3v) is 5.54. The van der Waals surface area contributed by atoms with E-state index in [4.69, 9.17) is 0 Å². The Morgan fingerprint density at radius 3 is 2.41 bits per heavy atom. The number of nitrogens with zero attached hydrogens (tertiary/aromatic N) is 6. The number of alkyl halides is 3. The largest absolute Gasteiger partial charge is 0.421 e. The van der Waals surface area contributed by atoms with E-state index in [9.17, 15) is 22.8 Å². The molecule has 0 aliphatic carbocycles. The fraction of sp³-hybridized carbons (Fsp3) is 0.318. The third-order valence-electron chi connectivity index (χ3n) is 5.54. The molecule has 1 aliphatic heterocycles. The molecule has 9 nitrogen and oxygen atoms in total. The van der Waals surface area contributed by atoms with Gasteiger partial charge in [0.25, 0.3) is 11.5 Å². The van der Waals surface area contributed by atoms with Crippen LogP contribution < -0.4 is 15.4 Å². The molecular formula is C22H22F3N7O2. The van der Waals surface area contributed by atoms with Crippen molar-refractivity contribution in [1.82, 2.24) is 25.1 Å². The number of halogens is 3. The minimum absolute atomic E-state index is 0.108. The number of aryl methyl sites for hydroxylation is 1. The van der Waals surface area contributed by atoms with E-state index >= 15 is 0 Å². The van der Waals surface area contributed by atoms with Crippen LogP contribution in [0.1, 0.15) is 21.5 Å². The molecule has 34 heavy (non-hydrogen) atoms. The van der Waals surface area contributed by atoms with Gasteiger partial charge < -0.3 is 14.7 Å². The molecule has 0 spiro atoms. The van der Waals surface area contributed by atoms with E-state index in [1.54, 1.807) is 41.6 Å². The lowest BCUT2D eigenvalue weighted by molar-refractivity contribution is -0.138. The number of piperazine rings is 1. The van der Waals surface area contributed by atoms with Crippen LogP contribution in [0.4, 0.5) is 30.6 Å². The normalized spacial score (nSPS) is 14.3. The van der Waals surface area contributed by atoms with E-state index in [-0.39, 0.29) is 11.7 Å². The first-order valence-corrected chi connectivity index (χ1v) is 10.5. The molecule has 1 aromatic carbocycles. The Kier molecular flexibility index (Phi) is 6.22. The molecule has 0 radical (unpaired) electrons. The fourth-order valence-corrected chi connectivity index (χ4v) is 3.60. The van der Waals surface area contributed by atoms with Crippen molar-refractivity contribution in [1.29, 1.82) is 0 Å². The molecule has 4 rings (SSSR count). The first-order chi connectivity index (χ1) is 16.1. The van der Waals surface area contributed by atoms with Gasteiger partial charge in [0.15, 0.2) is 5.82 Å². The highest BCUT2D eigenvalue weighted by Gasteiger charge is 2.35. The summed E-state index contributed by atoms with van der Waals surface area (Å²) in [5.74, 6) is 0.321. The summed E-state index contributed by atoms with van der Waals surface area (Å²) in [6, 6.07) is 7.20. The van der Waals surface area contributed by atoms with Gasteiger partial charge in [0.05, 0.1) is 0 Å². The molecular weight excluding hydrogens is 451 g/mol. The summed E-state index contributed by atoms with van der Waals surface area (Å²) in [6.07, 6.45) is -1.32. The highest BCUT2D eigenvalue weighted by atomic mass is 19.4. The highest BCUT2D eigenvalue weighted by molar-refractivity contribution is 5.95. The number of amides is 1. The van der Waals surface area contributed by atoms with Crippen molar-refractivity contribution in [3.63, 3.8) is 0 Å². The predicted molar refractivity (Wildman–Crippen MR) is 119 cm³/mol. The van der Waals surface area contributed by atoms with Gasteiger partial charge in [-0.15, -0.1) is 0 Å². The molecule has 0 unspecified atom stereocenters. The number of nitrogens with one attached hydrogen (secondary N) is 1. The number of rotatable bonds is 4. The summed E-state index contributed by atoms with van der Waals surface area (Å²) in [4.78, 5) is 38.3. The van der Waals surface area contributed by atoms with Gasteiger partial charge in [0, 0.05) is 62.9 Å². The van der Waals surface area contributed by atoms with Gasteiger partial charge in [0.1, 0.15) is 5.56 Å². The molecule has 1 N–H and O–H groups in total. The summed E-state index contributed by atoms with van der Waals surface area (Å²) in [6.45, 7) is 4.03. The maximum atomic E-state index is 13.1. The van der Waals surface area contributed by atoms with E-state index in [1.807, 2.05) is 16.9 Å². The van der Waals surface area contributed by atoms with Crippen molar-refractivity contribution in [3.8, 4) is 0 Å². The Balaban J connectivity index is 1.48. The average molecular weight is 473 g/mol. The molecule has 0 atom stereocenters. The van der Waals surface area contributed by atoms with E-state index in [1.165, 1.54) is 11.9 Å². The van der Waals surface area contributed by atoms with Gasteiger partial charge in [-0.05, 0) is 30.7 Å². The maximum absolute atomic E-state index is 13.1. The van der Waals surface area contributed by atoms with Gasteiger partial charge in [-0.3, -0.25) is 9.59 Å². The monoisotopic (exact) mass is 473 g/mol. The highest BCUT2D eigenvalue weighted by Crippen LogP contribution is 2.30. The van der Waals surface area contributed by atoms with Crippen molar-refractivity contribution in [2.24, 2.45) is 0 Å². The molecule has 0 bridgehead atoms. The van der Waals surface area contributed by atoms with E-state index in [2.05, 4.69) is 15.1 Å². The van der Waals surface area contributed by atoms with Crippen LogP contribution in [0.15, 0.2) is 47.5 Å². The topological polar surface area (TPSA) is 98.3 Å². The maximum Gasteiger partial charge on any atom is 0.421 e. The van der Waals surface area contributed by atoms with Crippen LogP contribution in [0.25, 0.3) is 0 Å². The minimum Gasteiger partial charge on any atom is -0.337 e. The van der Waals surface area contributed by atoms with Crippen LogP contribution in [0.5, 0.6) is 0 Å². The van der Waals surface area contributed by atoms with Crippen LogP contribution >= 0.6 is 0 Å². The van der Waals surface area contributed by atoms with Crippen molar-refractivity contribution in [3.05, 3.63) is 69.8 Å². The molecule has 3 heterocycles. The van der Waals surface area contributed by atoms with Crippen LogP contribution in [-0.4, -0.2) is 64.2 Å². The number of hydrogen-bond acceptors (Lipinski definition) is 7. The molecule has 0 saturated carbocycles. The molecule has 12 heteroatoms. The van der Waals surface area contributed by atoms with Gasteiger partial charge >= 0.3 is 6.18 Å². The SMILES string of the molecule is Cc1cnc(N2CCN(C(=O)c3cccc(N(C)c4cc(C(F)(F)F)c(=O)[nH]n4)c3)CC2)nc1. The van der Waals surface area contributed by atoms with Gasteiger partial charge in [-0.25, -0.2) is 15.1 Å². The summed E-state index contributed by atoms with van der Waals surface area (Å²) >= 11 is 0. The second kappa shape index (κ2) is 9.12. The summed E-state index contributed by atoms with van der Waals surface area (Å²) in [7, 11) is 1.50. The zero-order chi connectivity index (χ0) is 24.5. The Bertz CT molecular complexity index is 1240. The van der Waals surface area contributed by atoms with Gasteiger partial charge in [-0.1, -0.05) is 6.07 Å². The lowest BCUT2D eigenvalue weighted by Crippen LogP contribution is -2.49. The predicted octanol–water partition coefficient (Wildman–Crippen LogP) is 2.62. The Morgan fingerprint density at radius 2 is 1.76 bits per heavy atom. The molecule has 178 valence electrons. The Hall–Kier alpha value is -3.96. The average Bonchev–Trinajstić information content (AvgIpc) is 2.83.